The monoisotopic (exact) mass is 226 g/mol. The number of phenolic OH excluding ortho intramolecular Hbond substituents is 1. The normalized spacial score (nSPS) is 8.75. The van der Waals surface area contributed by atoms with Gasteiger partial charge >= 0.3 is 0 Å². The Bertz CT molecular complexity index is 340. The second kappa shape index (κ2) is 7.50. The van der Waals surface area contributed by atoms with Gasteiger partial charge in [0, 0.05) is 12.1 Å². The molecule has 0 heterocycles. The fraction of sp³-hybridized carbons (Fsp3) is 0.455. The van der Waals surface area contributed by atoms with Gasteiger partial charge in [-0.05, 0) is 0 Å². The van der Waals surface area contributed by atoms with E-state index in [1.807, 2.05) is 0 Å². The Balaban J connectivity index is 0.000000673. The van der Waals surface area contributed by atoms with Gasteiger partial charge in [-0.15, -0.1) is 0 Å². The molecule has 0 radical (unpaired) electrons. The SMILES string of the molecule is CCC.COc1cc(N=N)cc(O)c1OC. The molecule has 0 unspecified atom stereocenters. The maximum absolute atomic E-state index is 9.39. The van der Waals surface area contributed by atoms with Crippen LogP contribution in [-0.4, -0.2) is 19.3 Å². The summed E-state index contributed by atoms with van der Waals surface area (Å²) in [5, 5.41) is 12.6. The van der Waals surface area contributed by atoms with Crippen molar-refractivity contribution in [2.24, 2.45) is 5.11 Å². The second-order valence-electron chi connectivity index (χ2n) is 3.02. The van der Waals surface area contributed by atoms with E-state index >= 15 is 0 Å². The van der Waals surface area contributed by atoms with Crippen LogP contribution < -0.4 is 9.47 Å². The average molecular weight is 226 g/mol. The highest BCUT2D eigenvalue weighted by Gasteiger charge is 2.10. The topological polar surface area (TPSA) is 74.9 Å². The number of phenols is 1. The molecule has 1 aromatic carbocycles. The summed E-state index contributed by atoms with van der Waals surface area (Å²) in [6, 6.07) is 2.83. The summed E-state index contributed by atoms with van der Waals surface area (Å²) in [4.78, 5) is 0. The standard InChI is InChI=1S/C8H10N2O3.C3H8/c1-12-7-4-5(10-9)3-6(11)8(7)13-2;1-3-2/h3-4,9,11H,1-2H3;3H2,1-2H3. The van der Waals surface area contributed by atoms with Crippen molar-refractivity contribution in [1.29, 1.82) is 5.53 Å². The van der Waals surface area contributed by atoms with Crippen LogP contribution in [0.25, 0.3) is 0 Å². The number of rotatable bonds is 3. The highest BCUT2D eigenvalue weighted by atomic mass is 16.5. The number of aromatic hydroxyl groups is 1. The summed E-state index contributed by atoms with van der Waals surface area (Å²) in [5.74, 6) is 0.510. The molecule has 1 rings (SSSR count). The third-order valence-electron chi connectivity index (χ3n) is 1.57. The van der Waals surface area contributed by atoms with Crippen molar-refractivity contribution < 1.29 is 14.6 Å². The Morgan fingerprint density at radius 2 is 1.81 bits per heavy atom. The molecule has 2 N–H and O–H groups in total. The molecule has 5 heteroatoms. The zero-order chi connectivity index (χ0) is 12.6. The summed E-state index contributed by atoms with van der Waals surface area (Å²) in [7, 11) is 2.88. The predicted octanol–water partition coefficient (Wildman–Crippen LogP) is 3.49. The molecule has 0 fully saturated rings. The van der Waals surface area contributed by atoms with Crippen LogP contribution in [-0.2, 0) is 0 Å². The Morgan fingerprint density at radius 1 is 1.25 bits per heavy atom. The molecule has 90 valence electrons. The average Bonchev–Trinajstić information content (AvgIpc) is 2.28. The lowest BCUT2D eigenvalue weighted by atomic mass is 10.2. The zero-order valence-electron chi connectivity index (χ0n) is 10.1. The molecule has 0 saturated heterocycles. The molecular formula is C11H18N2O3. The highest BCUT2D eigenvalue weighted by molar-refractivity contribution is 5.59. The minimum Gasteiger partial charge on any atom is -0.504 e. The maximum Gasteiger partial charge on any atom is 0.203 e. The van der Waals surface area contributed by atoms with Crippen LogP contribution in [0, 0.1) is 5.53 Å². The predicted molar refractivity (Wildman–Crippen MR) is 62.0 cm³/mol. The van der Waals surface area contributed by atoms with Crippen LogP contribution in [0.3, 0.4) is 0 Å². The van der Waals surface area contributed by atoms with Crippen LogP contribution in [0.4, 0.5) is 5.69 Å². The van der Waals surface area contributed by atoms with Crippen LogP contribution >= 0.6 is 0 Å². The minimum absolute atomic E-state index is 0.0900. The number of ether oxygens (including phenoxy) is 2. The first-order valence-corrected chi connectivity index (χ1v) is 4.96. The van der Waals surface area contributed by atoms with Crippen molar-refractivity contribution in [2.75, 3.05) is 14.2 Å². The molecule has 0 aliphatic carbocycles. The van der Waals surface area contributed by atoms with E-state index in [0.29, 0.717) is 11.4 Å². The van der Waals surface area contributed by atoms with E-state index in [1.165, 1.54) is 32.8 Å². The molecule has 5 nitrogen and oxygen atoms in total. The summed E-state index contributed by atoms with van der Waals surface area (Å²) in [5.41, 5.74) is 7.07. The van der Waals surface area contributed by atoms with Crippen molar-refractivity contribution in [3.63, 3.8) is 0 Å². The zero-order valence-corrected chi connectivity index (χ0v) is 10.1. The molecule has 0 saturated carbocycles. The molecular weight excluding hydrogens is 208 g/mol. The van der Waals surface area contributed by atoms with E-state index in [0.717, 1.165) is 0 Å². The Labute approximate surface area is 95.5 Å². The van der Waals surface area contributed by atoms with Gasteiger partial charge in [0.05, 0.1) is 19.9 Å². The number of methoxy groups -OCH3 is 2. The van der Waals surface area contributed by atoms with Gasteiger partial charge in [-0.25, -0.2) is 5.53 Å². The fourth-order valence-corrected chi connectivity index (χ4v) is 0.995. The first-order valence-electron chi connectivity index (χ1n) is 4.96. The quantitative estimate of drug-likeness (QED) is 0.774. The van der Waals surface area contributed by atoms with Gasteiger partial charge in [-0.3, -0.25) is 0 Å². The molecule has 0 aliphatic rings. The van der Waals surface area contributed by atoms with Gasteiger partial charge in [0.2, 0.25) is 5.75 Å². The van der Waals surface area contributed by atoms with Crippen LogP contribution in [0.2, 0.25) is 0 Å². The van der Waals surface area contributed by atoms with Crippen LogP contribution in [0.15, 0.2) is 17.2 Å². The van der Waals surface area contributed by atoms with E-state index < -0.39 is 0 Å². The lowest BCUT2D eigenvalue weighted by Crippen LogP contribution is -1.90. The van der Waals surface area contributed by atoms with E-state index in [9.17, 15) is 5.11 Å². The minimum atomic E-state index is -0.0900. The van der Waals surface area contributed by atoms with E-state index in [1.54, 1.807) is 0 Å². The van der Waals surface area contributed by atoms with Crippen LogP contribution in [0.5, 0.6) is 17.2 Å². The van der Waals surface area contributed by atoms with Crippen molar-refractivity contribution in [1.82, 2.24) is 0 Å². The molecule has 1 aromatic rings. The lowest BCUT2D eigenvalue weighted by molar-refractivity contribution is 0.333. The summed E-state index contributed by atoms with van der Waals surface area (Å²) in [6.07, 6.45) is 1.25. The van der Waals surface area contributed by atoms with Crippen molar-refractivity contribution in [3.05, 3.63) is 12.1 Å². The van der Waals surface area contributed by atoms with Gasteiger partial charge < -0.3 is 14.6 Å². The molecule has 0 amide bonds. The number of hydrogen-bond donors (Lipinski definition) is 2. The third-order valence-corrected chi connectivity index (χ3v) is 1.57. The smallest absolute Gasteiger partial charge is 0.203 e. The number of nitrogens with zero attached hydrogens (tertiary/aromatic N) is 1. The van der Waals surface area contributed by atoms with Crippen molar-refractivity contribution in [2.45, 2.75) is 20.3 Å². The maximum atomic E-state index is 9.39. The fourth-order valence-electron chi connectivity index (χ4n) is 0.995. The molecule has 0 aromatic heterocycles. The largest absolute Gasteiger partial charge is 0.504 e. The summed E-state index contributed by atoms with van der Waals surface area (Å²) in [6.45, 7) is 4.25. The lowest BCUT2D eigenvalue weighted by Gasteiger charge is -2.08. The molecule has 0 bridgehead atoms. The first-order chi connectivity index (χ1) is 7.64. The van der Waals surface area contributed by atoms with Crippen LogP contribution in [0.1, 0.15) is 20.3 Å². The third kappa shape index (κ3) is 3.76. The van der Waals surface area contributed by atoms with Crippen molar-refractivity contribution >= 4 is 5.69 Å². The van der Waals surface area contributed by atoms with Gasteiger partial charge in [0.1, 0.15) is 0 Å². The number of hydrogen-bond acceptors (Lipinski definition) is 5. The van der Waals surface area contributed by atoms with Gasteiger partial charge in [0.15, 0.2) is 11.5 Å². The second-order valence-corrected chi connectivity index (χ2v) is 3.02. The molecule has 0 aliphatic heterocycles. The van der Waals surface area contributed by atoms with E-state index in [4.69, 9.17) is 15.0 Å². The first kappa shape index (κ1) is 14.2. The Morgan fingerprint density at radius 3 is 2.19 bits per heavy atom. The van der Waals surface area contributed by atoms with Crippen molar-refractivity contribution in [3.8, 4) is 17.2 Å². The number of benzene rings is 1. The van der Waals surface area contributed by atoms with E-state index in [2.05, 4.69) is 19.0 Å². The Kier molecular flexibility index (Phi) is 6.67. The van der Waals surface area contributed by atoms with Gasteiger partial charge in [0.25, 0.3) is 0 Å². The molecule has 0 atom stereocenters. The van der Waals surface area contributed by atoms with E-state index in [-0.39, 0.29) is 11.5 Å². The molecule has 16 heavy (non-hydrogen) atoms. The van der Waals surface area contributed by atoms with Gasteiger partial charge in [-0.1, -0.05) is 20.3 Å². The highest BCUT2D eigenvalue weighted by Crippen LogP contribution is 2.39. The Hall–Kier alpha value is -1.78. The number of nitrogens with one attached hydrogen (secondary N) is 1. The summed E-state index contributed by atoms with van der Waals surface area (Å²) >= 11 is 0. The molecule has 0 spiro atoms. The van der Waals surface area contributed by atoms with Gasteiger partial charge in [-0.2, -0.15) is 5.11 Å². The summed E-state index contributed by atoms with van der Waals surface area (Å²) < 4.78 is 9.82.